The number of aromatic nitrogens is 1. The maximum absolute atomic E-state index is 4.72. The van der Waals surface area contributed by atoms with Crippen LogP contribution in [0.5, 0.6) is 0 Å². The molecule has 3 nitrogen and oxygen atoms in total. The Morgan fingerprint density at radius 1 is 1.26 bits per heavy atom. The summed E-state index contributed by atoms with van der Waals surface area (Å²) >= 11 is 1.80. The molecule has 1 aliphatic carbocycles. The fourth-order valence-electron chi connectivity index (χ4n) is 4.59. The molecule has 4 heterocycles. The highest BCUT2D eigenvalue weighted by atomic mass is 32.1. The molecular formula is C19H15N3S. The average molecular weight is 317 g/mol. The van der Waals surface area contributed by atoms with Gasteiger partial charge in [0.2, 0.25) is 0 Å². The van der Waals surface area contributed by atoms with E-state index in [1.165, 1.54) is 38.0 Å². The lowest BCUT2D eigenvalue weighted by atomic mass is 9.81. The Bertz CT molecular complexity index is 1060. The van der Waals surface area contributed by atoms with E-state index in [1.807, 2.05) is 5.51 Å². The van der Waals surface area contributed by atoms with Crippen LogP contribution < -0.4 is 14.8 Å². The summed E-state index contributed by atoms with van der Waals surface area (Å²) in [5, 5.41) is 1.18. The maximum Gasteiger partial charge on any atom is 0.105 e. The third-order valence-electron chi connectivity index (χ3n) is 5.49. The van der Waals surface area contributed by atoms with Crippen molar-refractivity contribution in [3.63, 3.8) is 0 Å². The summed E-state index contributed by atoms with van der Waals surface area (Å²) in [6.07, 6.45) is 5.61. The van der Waals surface area contributed by atoms with Crippen LogP contribution in [0.3, 0.4) is 0 Å². The lowest BCUT2D eigenvalue weighted by Gasteiger charge is -2.42. The molecule has 1 aromatic heterocycles. The van der Waals surface area contributed by atoms with Gasteiger partial charge in [-0.1, -0.05) is 18.2 Å². The van der Waals surface area contributed by atoms with E-state index in [1.54, 1.807) is 16.9 Å². The molecule has 0 amide bonds. The van der Waals surface area contributed by atoms with E-state index in [2.05, 4.69) is 53.4 Å². The SMILES string of the molecule is CN1C=CC2=C3C1=c1ncsc1=C1CCN(c4ccccc42)C31. The number of hydrogen-bond donors (Lipinski definition) is 0. The van der Waals surface area contributed by atoms with Gasteiger partial charge in [0.05, 0.1) is 21.8 Å². The van der Waals surface area contributed by atoms with Crippen molar-refractivity contribution in [2.75, 3.05) is 18.5 Å². The fourth-order valence-corrected chi connectivity index (χ4v) is 5.48. The van der Waals surface area contributed by atoms with E-state index in [-0.39, 0.29) is 0 Å². The Balaban J connectivity index is 1.85. The Morgan fingerprint density at radius 2 is 2.17 bits per heavy atom. The van der Waals surface area contributed by atoms with Gasteiger partial charge in [-0.15, -0.1) is 11.3 Å². The summed E-state index contributed by atoms with van der Waals surface area (Å²) in [7, 11) is 2.14. The number of allylic oxidation sites excluding steroid dienone is 2. The molecule has 112 valence electrons. The smallest absolute Gasteiger partial charge is 0.105 e. The monoisotopic (exact) mass is 317 g/mol. The first-order valence-electron chi connectivity index (χ1n) is 8.03. The first-order valence-corrected chi connectivity index (χ1v) is 8.91. The molecule has 3 aliphatic heterocycles. The van der Waals surface area contributed by atoms with Crippen molar-refractivity contribution in [2.45, 2.75) is 12.5 Å². The lowest BCUT2D eigenvalue weighted by molar-refractivity contribution is 0.628. The zero-order valence-corrected chi connectivity index (χ0v) is 13.6. The fraction of sp³-hybridized carbons (Fsp3) is 0.211. The molecule has 1 aromatic carbocycles. The third-order valence-corrected chi connectivity index (χ3v) is 6.39. The van der Waals surface area contributed by atoms with Crippen LogP contribution in [0.1, 0.15) is 12.0 Å². The van der Waals surface area contributed by atoms with Gasteiger partial charge in [-0.3, -0.25) is 0 Å². The van der Waals surface area contributed by atoms with Crippen molar-refractivity contribution in [3.8, 4) is 0 Å². The van der Waals surface area contributed by atoms with Crippen LogP contribution in [-0.4, -0.2) is 29.5 Å². The second kappa shape index (κ2) is 3.95. The van der Waals surface area contributed by atoms with Gasteiger partial charge in [0.25, 0.3) is 0 Å². The molecule has 4 aliphatic rings. The first-order chi connectivity index (χ1) is 11.3. The van der Waals surface area contributed by atoms with Crippen molar-refractivity contribution in [1.29, 1.82) is 0 Å². The minimum Gasteiger partial charge on any atom is -0.360 e. The van der Waals surface area contributed by atoms with E-state index < -0.39 is 0 Å². The second-order valence-corrected chi connectivity index (χ2v) is 7.38. The number of hydrogen-bond acceptors (Lipinski definition) is 4. The van der Waals surface area contributed by atoms with Crippen molar-refractivity contribution in [1.82, 2.24) is 9.88 Å². The summed E-state index contributed by atoms with van der Waals surface area (Å²) in [4.78, 5) is 9.57. The number of nitrogens with zero attached hydrogens (tertiary/aromatic N) is 3. The second-order valence-electron chi connectivity index (χ2n) is 6.52. The number of para-hydroxylation sites is 1. The van der Waals surface area contributed by atoms with Gasteiger partial charge in [-0.2, -0.15) is 0 Å². The minimum atomic E-state index is 0.398. The van der Waals surface area contributed by atoms with Gasteiger partial charge in [-0.25, -0.2) is 4.98 Å². The highest BCUT2D eigenvalue weighted by molar-refractivity contribution is 7.07. The van der Waals surface area contributed by atoms with Crippen LogP contribution >= 0.6 is 11.3 Å². The summed E-state index contributed by atoms with van der Waals surface area (Å²) in [6, 6.07) is 9.24. The van der Waals surface area contributed by atoms with Crippen LogP contribution in [-0.2, 0) is 0 Å². The van der Waals surface area contributed by atoms with Crippen molar-refractivity contribution in [3.05, 3.63) is 63.1 Å². The number of thiazole rings is 1. The number of likely N-dealkylation sites (N-methyl/N-ethyl adjacent to an activating group) is 1. The van der Waals surface area contributed by atoms with Crippen LogP contribution in [0.15, 0.2) is 47.6 Å². The zero-order valence-electron chi connectivity index (χ0n) is 12.8. The van der Waals surface area contributed by atoms with Crippen molar-refractivity contribution < 1.29 is 0 Å². The highest BCUT2D eigenvalue weighted by Gasteiger charge is 2.44. The van der Waals surface area contributed by atoms with Gasteiger partial charge >= 0.3 is 0 Å². The summed E-state index contributed by atoms with van der Waals surface area (Å²) in [6.45, 7) is 1.10. The minimum absolute atomic E-state index is 0.398. The normalized spacial score (nSPS) is 23.3. The molecule has 1 saturated heterocycles. The summed E-state index contributed by atoms with van der Waals surface area (Å²) in [5.74, 6) is 0. The zero-order chi connectivity index (χ0) is 15.1. The topological polar surface area (TPSA) is 19.4 Å². The Morgan fingerprint density at radius 3 is 3.13 bits per heavy atom. The van der Waals surface area contributed by atoms with E-state index in [9.17, 15) is 0 Å². The van der Waals surface area contributed by atoms with Gasteiger partial charge < -0.3 is 9.80 Å². The molecule has 1 unspecified atom stereocenters. The molecule has 0 saturated carbocycles. The summed E-state index contributed by atoms with van der Waals surface area (Å²) < 4.78 is 1.40. The average Bonchev–Trinajstić information content (AvgIpc) is 3.22. The Kier molecular flexibility index (Phi) is 2.08. The quantitative estimate of drug-likeness (QED) is 0.740. The van der Waals surface area contributed by atoms with E-state index in [4.69, 9.17) is 4.98 Å². The molecule has 1 fully saturated rings. The first kappa shape index (κ1) is 12.1. The molecule has 1 atom stereocenters. The van der Waals surface area contributed by atoms with E-state index in [0.717, 1.165) is 13.0 Å². The molecule has 2 aromatic rings. The number of fused-ring (bicyclic) bond motifs is 4. The lowest BCUT2D eigenvalue weighted by Crippen LogP contribution is -2.47. The Hall–Kier alpha value is -2.33. The van der Waals surface area contributed by atoms with Crippen molar-refractivity contribution in [2.24, 2.45) is 0 Å². The highest BCUT2D eigenvalue weighted by Crippen LogP contribution is 2.49. The molecule has 0 N–H and O–H groups in total. The van der Waals surface area contributed by atoms with E-state index >= 15 is 0 Å². The third kappa shape index (κ3) is 1.30. The van der Waals surface area contributed by atoms with Crippen LogP contribution in [0.4, 0.5) is 5.69 Å². The van der Waals surface area contributed by atoms with Gasteiger partial charge in [0, 0.05) is 36.6 Å². The maximum atomic E-state index is 4.72. The molecule has 0 radical (unpaired) electrons. The summed E-state index contributed by atoms with van der Waals surface area (Å²) in [5.41, 5.74) is 10.5. The van der Waals surface area contributed by atoms with Crippen molar-refractivity contribution >= 4 is 33.9 Å². The van der Waals surface area contributed by atoms with E-state index in [0.29, 0.717) is 6.04 Å². The number of benzene rings is 1. The molecule has 0 spiro atoms. The Labute approximate surface area is 138 Å². The molecule has 6 rings (SSSR count). The van der Waals surface area contributed by atoms with Crippen LogP contribution in [0.25, 0.3) is 16.8 Å². The van der Waals surface area contributed by atoms with Crippen LogP contribution in [0, 0.1) is 0 Å². The predicted octanol–water partition coefficient (Wildman–Crippen LogP) is 1.92. The number of rotatable bonds is 0. The van der Waals surface area contributed by atoms with Crippen LogP contribution in [0.2, 0.25) is 0 Å². The largest absolute Gasteiger partial charge is 0.360 e. The standard InChI is InChI=1S/C19H15N3S/c1-21-8-6-12-11-4-2-3-5-14(11)22-9-7-13-17(22)15(12)18(21)16-19(13)23-10-20-16/h2-6,8,10,17H,7,9H2,1H3. The van der Waals surface area contributed by atoms with Gasteiger partial charge in [0.1, 0.15) is 5.35 Å². The predicted molar refractivity (Wildman–Crippen MR) is 94.2 cm³/mol. The molecule has 0 bridgehead atoms. The molecular weight excluding hydrogens is 302 g/mol. The van der Waals surface area contributed by atoms with Gasteiger partial charge in [-0.05, 0) is 29.7 Å². The number of anilines is 1. The molecule has 4 heteroatoms. The molecule has 23 heavy (non-hydrogen) atoms. The van der Waals surface area contributed by atoms with Gasteiger partial charge in [0.15, 0.2) is 0 Å².